The minimum Gasteiger partial charge on any atom is -0.495 e. The first-order valence-corrected chi connectivity index (χ1v) is 5.79. The minimum atomic E-state index is 0.698. The largest absolute Gasteiger partial charge is 0.495 e. The van der Waals surface area contributed by atoms with Crippen molar-refractivity contribution in [3.05, 3.63) is 48.5 Å². The Hall–Kier alpha value is -2.40. The summed E-state index contributed by atoms with van der Waals surface area (Å²) in [6, 6.07) is 14.9. The molecule has 0 bridgehead atoms. The van der Waals surface area contributed by atoms with Gasteiger partial charge in [0.15, 0.2) is 0 Å². The Balaban J connectivity index is 1.96. The first kappa shape index (κ1) is 13.0. The van der Waals surface area contributed by atoms with Crippen molar-refractivity contribution in [2.45, 2.75) is 0 Å². The number of benzene rings is 2. The smallest absolute Gasteiger partial charge is 0.144 e. The molecule has 0 spiro atoms. The summed E-state index contributed by atoms with van der Waals surface area (Å²) in [5.74, 6) is 1.40. The first-order chi connectivity index (χ1) is 9.35. The molecule has 0 unspecified atom stereocenters. The maximum absolute atomic E-state index is 5.23. The first-order valence-electron chi connectivity index (χ1n) is 5.79. The van der Waals surface area contributed by atoms with E-state index in [4.69, 9.17) is 14.4 Å². The van der Waals surface area contributed by atoms with Gasteiger partial charge in [0.25, 0.3) is 0 Å². The van der Waals surface area contributed by atoms with Crippen LogP contribution in [-0.2, 0) is 4.94 Å². The lowest BCUT2D eigenvalue weighted by molar-refractivity contribution is 0.259. The Labute approximate surface area is 112 Å². The molecule has 0 aromatic heterocycles. The zero-order valence-electron chi connectivity index (χ0n) is 10.8. The van der Waals surface area contributed by atoms with E-state index in [9.17, 15) is 0 Å². The maximum Gasteiger partial charge on any atom is 0.144 e. The highest BCUT2D eigenvalue weighted by Gasteiger charge is 2.03. The Morgan fingerprint density at radius 1 is 0.684 bits per heavy atom. The fourth-order valence-electron chi connectivity index (χ4n) is 1.59. The number of methoxy groups -OCH3 is 2. The van der Waals surface area contributed by atoms with Crippen LogP contribution >= 0.6 is 0 Å². The van der Waals surface area contributed by atoms with Gasteiger partial charge in [-0.25, -0.2) is 11.0 Å². The van der Waals surface area contributed by atoms with Crippen LogP contribution in [0.1, 0.15) is 0 Å². The molecule has 0 aliphatic carbocycles. The molecule has 100 valence electrons. The molecule has 5 nitrogen and oxygen atoms in total. The molecule has 5 heteroatoms. The third-order valence-electron chi connectivity index (χ3n) is 2.54. The van der Waals surface area contributed by atoms with Crippen molar-refractivity contribution in [1.29, 1.82) is 0 Å². The van der Waals surface area contributed by atoms with Crippen LogP contribution in [0.3, 0.4) is 0 Å². The molecule has 0 amide bonds. The fourth-order valence-corrected chi connectivity index (χ4v) is 1.59. The second kappa shape index (κ2) is 6.51. The summed E-state index contributed by atoms with van der Waals surface area (Å²) >= 11 is 0. The van der Waals surface area contributed by atoms with Crippen molar-refractivity contribution in [3.63, 3.8) is 0 Å². The van der Waals surface area contributed by atoms with E-state index in [-0.39, 0.29) is 0 Å². The highest BCUT2D eigenvalue weighted by molar-refractivity contribution is 5.56. The quantitative estimate of drug-likeness (QED) is 0.782. The van der Waals surface area contributed by atoms with Gasteiger partial charge in [0.2, 0.25) is 0 Å². The van der Waals surface area contributed by atoms with Gasteiger partial charge in [0.05, 0.1) is 14.2 Å². The fraction of sp³-hybridized carbons (Fsp3) is 0.143. The van der Waals surface area contributed by atoms with E-state index in [1.807, 2.05) is 48.5 Å². The number of nitrogens with one attached hydrogen (secondary N) is 2. The summed E-state index contributed by atoms with van der Waals surface area (Å²) in [6.07, 6.45) is 0. The van der Waals surface area contributed by atoms with Crippen molar-refractivity contribution in [3.8, 4) is 11.5 Å². The summed E-state index contributed by atoms with van der Waals surface area (Å²) < 4.78 is 10.4. The molecule has 19 heavy (non-hydrogen) atoms. The number of hydrogen-bond acceptors (Lipinski definition) is 5. The van der Waals surface area contributed by atoms with Gasteiger partial charge in [-0.2, -0.15) is 4.94 Å². The van der Waals surface area contributed by atoms with Gasteiger partial charge >= 0.3 is 0 Å². The number of para-hydroxylation sites is 4. The van der Waals surface area contributed by atoms with E-state index in [1.54, 1.807) is 14.2 Å². The molecule has 0 saturated carbocycles. The predicted molar refractivity (Wildman–Crippen MR) is 74.3 cm³/mol. The van der Waals surface area contributed by atoms with Crippen molar-refractivity contribution < 1.29 is 14.4 Å². The number of hydrogen-bond donors (Lipinski definition) is 2. The Bertz CT molecular complexity index is 484. The molecule has 2 rings (SSSR count). The van der Waals surface area contributed by atoms with E-state index in [2.05, 4.69) is 11.0 Å². The summed E-state index contributed by atoms with van der Waals surface area (Å²) in [5.41, 5.74) is 7.00. The van der Waals surface area contributed by atoms with Crippen molar-refractivity contribution in [2.75, 3.05) is 25.2 Å². The van der Waals surface area contributed by atoms with E-state index in [0.717, 1.165) is 11.4 Å². The van der Waals surface area contributed by atoms with Crippen LogP contribution in [0, 0.1) is 0 Å². The van der Waals surface area contributed by atoms with Gasteiger partial charge in [0, 0.05) is 0 Å². The molecule has 0 heterocycles. The topological polar surface area (TPSA) is 51.8 Å². The average molecular weight is 260 g/mol. The van der Waals surface area contributed by atoms with Gasteiger partial charge in [-0.15, -0.1) is 0 Å². The lowest BCUT2D eigenvalue weighted by Crippen LogP contribution is -2.09. The highest BCUT2D eigenvalue weighted by atomic mass is 16.8. The molecular weight excluding hydrogens is 244 g/mol. The molecular formula is C14H16N2O3. The van der Waals surface area contributed by atoms with E-state index in [0.29, 0.717) is 11.5 Å². The van der Waals surface area contributed by atoms with Crippen LogP contribution in [0.25, 0.3) is 0 Å². The Kier molecular flexibility index (Phi) is 4.47. The second-order valence-corrected chi connectivity index (χ2v) is 3.71. The van der Waals surface area contributed by atoms with E-state index in [1.165, 1.54) is 0 Å². The van der Waals surface area contributed by atoms with Crippen molar-refractivity contribution >= 4 is 11.4 Å². The van der Waals surface area contributed by atoms with Crippen LogP contribution < -0.4 is 20.4 Å². The molecule has 2 aromatic rings. The number of rotatable bonds is 6. The molecule has 0 radical (unpaired) electrons. The summed E-state index contributed by atoms with van der Waals surface area (Å²) in [7, 11) is 3.21. The van der Waals surface area contributed by atoms with Crippen LogP contribution in [0.15, 0.2) is 48.5 Å². The third-order valence-corrected chi connectivity index (χ3v) is 2.54. The highest BCUT2D eigenvalue weighted by Crippen LogP contribution is 2.25. The van der Waals surface area contributed by atoms with Crippen molar-refractivity contribution in [2.24, 2.45) is 0 Å². The minimum absolute atomic E-state index is 0.698. The van der Waals surface area contributed by atoms with Crippen molar-refractivity contribution in [1.82, 2.24) is 0 Å². The Morgan fingerprint density at radius 2 is 1.11 bits per heavy atom. The van der Waals surface area contributed by atoms with Gasteiger partial charge < -0.3 is 9.47 Å². The summed E-state index contributed by atoms with van der Waals surface area (Å²) in [4.78, 5) is 5.23. The van der Waals surface area contributed by atoms with Crippen LogP contribution in [0.4, 0.5) is 11.4 Å². The van der Waals surface area contributed by atoms with Gasteiger partial charge in [0.1, 0.15) is 22.9 Å². The molecule has 0 fully saturated rings. The third kappa shape index (κ3) is 3.29. The maximum atomic E-state index is 5.23. The molecule has 0 aliphatic heterocycles. The Morgan fingerprint density at radius 3 is 1.53 bits per heavy atom. The van der Waals surface area contributed by atoms with Crippen LogP contribution in [0.5, 0.6) is 11.5 Å². The standard InChI is InChI=1S/C14H16N2O3/c1-17-13-9-5-3-7-11(13)15-19-16-12-8-4-6-10-14(12)18-2/h3-10,15-16H,1-2H3. The lowest BCUT2D eigenvalue weighted by Gasteiger charge is -2.13. The van der Waals surface area contributed by atoms with Crippen LogP contribution in [0.2, 0.25) is 0 Å². The van der Waals surface area contributed by atoms with E-state index < -0.39 is 0 Å². The molecule has 0 atom stereocenters. The summed E-state index contributed by atoms with van der Waals surface area (Å²) in [6.45, 7) is 0. The lowest BCUT2D eigenvalue weighted by atomic mass is 10.3. The van der Waals surface area contributed by atoms with E-state index >= 15 is 0 Å². The number of ether oxygens (including phenoxy) is 2. The monoisotopic (exact) mass is 260 g/mol. The van der Waals surface area contributed by atoms with Gasteiger partial charge in [-0.05, 0) is 24.3 Å². The zero-order valence-corrected chi connectivity index (χ0v) is 10.8. The molecule has 0 aliphatic rings. The SMILES string of the molecule is COc1ccccc1NONc1ccccc1OC. The van der Waals surface area contributed by atoms with Gasteiger partial charge in [-0.1, -0.05) is 24.3 Å². The number of anilines is 2. The average Bonchev–Trinajstić information content (AvgIpc) is 2.48. The second-order valence-electron chi connectivity index (χ2n) is 3.71. The zero-order chi connectivity index (χ0) is 13.5. The predicted octanol–water partition coefficient (Wildman–Crippen LogP) is 3.07. The van der Waals surface area contributed by atoms with Crippen LogP contribution in [-0.4, -0.2) is 14.2 Å². The summed E-state index contributed by atoms with van der Waals surface area (Å²) in [5, 5.41) is 0. The van der Waals surface area contributed by atoms with Gasteiger partial charge in [-0.3, -0.25) is 0 Å². The molecule has 2 aromatic carbocycles. The molecule has 0 saturated heterocycles. The molecule has 2 N–H and O–H groups in total. The normalized spacial score (nSPS) is 9.79.